The van der Waals surface area contributed by atoms with Crippen molar-refractivity contribution in [1.82, 2.24) is 0 Å². The van der Waals surface area contributed by atoms with Gasteiger partial charge < -0.3 is 0 Å². The average Bonchev–Trinajstić information content (AvgIpc) is 2.06. The molecule has 76 valence electrons. The van der Waals surface area contributed by atoms with Crippen LogP contribution in [0.4, 0.5) is 10.1 Å². The van der Waals surface area contributed by atoms with Crippen molar-refractivity contribution >= 4 is 15.5 Å². The van der Waals surface area contributed by atoms with Crippen LogP contribution in [0.1, 0.15) is 5.56 Å². The number of nitrogens with zero attached hydrogens (tertiary/aromatic N) is 1. The summed E-state index contributed by atoms with van der Waals surface area (Å²) in [5, 5.41) is 2.59. The Hall–Kier alpha value is -1.30. The Bertz CT molecular complexity index is 456. The second-order valence-corrected chi connectivity index (χ2v) is 5.08. The summed E-state index contributed by atoms with van der Waals surface area (Å²) in [5.74, 6) is -1.08. The molecular formula is C8H8FNO3S. The number of rotatable bonds is 3. The van der Waals surface area contributed by atoms with Crippen LogP contribution in [0, 0.1) is 10.7 Å². The Morgan fingerprint density at radius 1 is 1.43 bits per heavy atom. The first-order valence-corrected chi connectivity index (χ1v) is 5.78. The van der Waals surface area contributed by atoms with Crippen LogP contribution in [0.2, 0.25) is 0 Å². The lowest BCUT2D eigenvalue weighted by molar-refractivity contribution is 0.592. The van der Waals surface area contributed by atoms with E-state index in [1.807, 2.05) is 0 Å². The van der Waals surface area contributed by atoms with Crippen molar-refractivity contribution in [2.75, 3.05) is 6.26 Å². The number of nitroso groups, excluding NO2 is 1. The highest BCUT2D eigenvalue weighted by Crippen LogP contribution is 2.18. The van der Waals surface area contributed by atoms with Crippen LogP contribution in [0.15, 0.2) is 23.4 Å². The lowest BCUT2D eigenvalue weighted by Crippen LogP contribution is -2.02. The summed E-state index contributed by atoms with van der Waals surface area (Å²) in [6, 6.07) is 3.34. The molecule has 1 aromatic rings. The molecule has 0 amide bonds. The van der Waals surface area contributed by atoms with E-state index < -0.39 is 21.4 Å². The molecule has 0 atom stereocenters. The van der Waals surface area contributed by atoms with Crippen molar-refractivity contribution in [3.05, 3.63) is 34.5 Å². The maximum atomic E-state index is 13.0. The lowest BCUT2D eigenvalue weighted by atomic mass is 10.2. The zero-order valence-corrected chi connectivity index (χ0v) is 8.21. The molecule has 0 fully saturated rings. The van der Waals surface area contributed by atoms with E-state index in [0.717, 1.165) is 18.4 Å². The van der Waals surface area contributed by atoms with Gasteiger partial charge in [-0.2, -0.15) is 0 Å². The maximum Gasteiger partial charge on any atom is 0.151 e. The van der Waals surface area contributed by atoms with Crippen LogP contribution in [0.5, 0.6) is 0 Å². The van der Waals surface area contributed by atoms with E-state index in [9.17, 15) is 17.7 Å². The van der Waals surface area contributed by atoms with Gasteiger partial charge in [0, 0.05) is 11.8 Å². The Morgan fingerprint density at radius 2 is 2.07 bits per heavy atom. The van der Waals surface area contributed by atoms with Gasteiger partial charge in [0.05, 0.1) is 5.75 Å². The van der Waals surface area contributed by atoms with Crippen molar-refractivity contribution in [3.63, 3.8) is 0 Å². The molecule has 14 heavy (non-hydrogen) atoms. The molecule has 0 aromatic heterocycles. The van der Waals surface area contributed by atoms with Gasteiger partial charge in [0.15, 0.2) is 9.84 Å². The molecule has 0 saturated carbocycles. The third-order valence-electron chi connectivity index (χ3n) is 1.55. The Kier molecular flexibility index (Phi) is 2.95. The highest BCUT2D eigenvalue weighted by Gasteiger charge is 2.10. The Labute approximate surface area is 80.6 Å². The molecule has 0 heterocycles. The number of hydrogen-bond donors (Lipinski definition) is 0. The SMILES string of the molecule is CS(=O)(=O)Cc1cc(N=O)ccc1F. The van der Waals surface area contributed by atoms with E-state index in [2.05, 4.69) is 5.18 Å². The molecule has 4 nitrogen and oxygen atoms in total. The van der Waals surface area contributed by atoms with Crippen LogP contribution >= 0.6 is 0 Å². The molecule has 1 rings (SSSR count). The molecule has 0 unspecified atom stereocenters. The topological polar surface area (TPSA) is 63.6 Å². The molecule has 0 aliphatic heterocycles. The zero-order chi connectivity index (χ0) is 10.8. The molecule has 0 aliphatic carbocycles. The van der Waals surface area contributed by atoms with Crippen LogP contribution in [-0.4, -0.2) is 14.7 Å². The molecule has 1 aromatic carbocycles. The number of benzene rings is 1. The minimum atomic E-state index is -3.31. The van der Waals surface area contributed by atoms with Crippen molar-refractivity contribution in [3.8, 4) is 0 Å². The van der Waals surface area contributed by atoms with E-state index in [0.29, 0.717) is 0 Å². The van der Waals surface area contributed by atoms with E-state index in [-0.39, 0.29) is 11.3 Å². The fourth-order valence-corrected chi connectivity index (χ4v) is 1.80. The minimum Gasteiger partial charge on any atom is -0.229 e. The van der Waals surface area contributed by atoms with Gasteiger partial charge in [0.2, 0.25) is 0 Å². The van der Waals surface area contributed by atoms with Gasteiger partial charge >= 0.3 is 0 Å². The van der Waals surface area contributed by atoms with Crippen LogP contribution in [0.25, 0.3) is 0 Å². The summed E-state index contributed by atoms with van der Waals surface area (Å²) in [6.45, 7) is 0. The normalized spacial score (nSPS) is 11.3. The molecular weight excluding hydrogens is 209 g/mol. The summed E-state index contributed by atoms with van der Waals surface area (Å²) in [4.78, 5) is 10.1. The third kappa shape index (κ3) is 2.88. The predicted molar refractivity (Wildman–Crippen MR) is 50.4 cm³/mol. The molecule has 0 radical (unpaired) electrons. The first-order chi connectivity index (χ1) is 6.42. The van der Waals surface area contributed by atoms with Crippen LogP contribution in [0.3, 0.4) is 0 Å². The second-order valence-electron chi connectivity index (χ2n) is 2.94. The van der Waals surface area contributed by atoms with Gasteiger partial charge in [-0.15, -0.1) is 4.91 Å². The summed E-state index contributed by atoms with van der Waals surface area (Å²) in [7, 11) is -3.31. The summed E-state index contributed by atoms with van der Waals surface area (Å²) in [6.07, 6.45) is 0.994. The van der Waals surface area contributed by atoms with Crippen molar-refractivity contribution in [2.45, 2.75) is 5.75 Å². The summed E-state index contributed by atoms with van der Waals surface area (Å²) >= 11 is 0. The molecule has 6 heteroatoms. The predicted octanol–water partition coefficient (Wildman–Crippen LogP) is 1.77. The molecule has 0 saturated heterocycles. The highest BCUT2D eigenvalue weighted by atomic mass is 32.2. The van der Waals surface area contributed by atoms with Crippen LogP contribution in [-0.2, 0) is 15.6 Å². The molecule has 0 N–H and O–H groups in total. The van der Waals surface area contributed by atoms with Gasteiger partial charge in [-0.3, -0.25) is 0 Å². The first-order valence-electron chi connectivity index (χ1n) is 3.72. The zero-order valence-electron chi connectivity index (χ0n) is 7.40. The Morgan fingerprint density at radius 3 is 2.57 bits per heavy atom. The quantitative estimate of drug-likeness (QED) is 0.725. The standard InChI is InChI=1S/C8H8FNO3S/c1-14(12,13)5-6-4-7(10-11)2-3-8(6)9/h2-4H,5H2,1H3. The fourth-order valence-electron chi connectivity index (χ4n) is 1.01. The lowest BCUT2D eigenvalue weighted by Gasteiger charge is -2.01. The molecule has 0 bridgehead atoms. The maximum absolute atomic E-state index is 13.0. The average molecular weight is 217 g/mol. The van der Waals surface area contributed by atoms with E-state index >= 15 is 0 Å². The minimum absolute atomic E-state index is 0.0186. The monoisotopic (exact) mass is 217 g/mol. The van der Waals surface area contributed by atoms with Gasteiger partial charge in [-0.25, -0.2) is 12.8 Å². The number of sulfone groups is 1. The summed E-state index contributed by atoms with van der Waals surface area (Å²) in [5.41, 5.74) is -0.0188. The van der Waals surface area contributed by atoms with Crippen molar-refractivity contribution in [2.24, 2.45) is 5.18 Å². The Balaban J connectivity index is 3.13. The summed E-state index contributed by atoms with van der Waals surface area (Å²) < 4.78 is 34.8. The van der Waals surface area contributed by atoms with E-state index in [4.69, 9.17) is 0 Å². The van der Waals surface area contributed by atoms with Gasteiger partial charge in [0.25, 0.3) is 0 Å². The molecule has 0 aliphatic rings. The van der Waals surface area contributed by atoms with Gasteiger partial charge in [-0.05, 0) is 23.4 Å². The number of halogens is 1. The van der Waals surface area contributed by atoms with E-state index in [1.54, 1.807) is 0 Å². The fraction of sp³-hybridized carbons (Fsp3) is 0.250. The number of hydrogen-bond acceptors (Lipinski definition) is 4. The van der Waals surface area contributed by atoms with Crippen molar-refractivity contribution in [1.29, 1.82) is 0 Å². The smallest absolute Gasteiger partial charge is 0.151 e. The van der Waals surface area contributed by atoms with Gasteiger partial charge in [0.1, 0.15) is 11.5 Å². The third-order valence-corrected chi connectivity index (χ3v) is 2.39. The molecule has 0 spiro atoms. The van der Waals surface area contributed by atoms with Gasteiger partial charge in [-0.1, -0.05) is 0 Å². The van der Waals surface area contributed by atoms with Crippen molar-refractivity contribution < 1.29 is 12.8 Å². The first kappa shape index (κ1) is 10.8. The highest BCUT2D eigenvalue weighted by molar-refractivity contribution is 7.89. The second kappa shape index (κ2) is 3.83. The van der Waals surface area contributed by atoms with Crippen LogP contribution < -0.4 is 0 Å². The van der Waals surface area contributed by atoms with E-state index in [1.165, 1.54) is 6.07 Å². The largest absolute Gasteiger partial charge is 0.229 e.